The third-order valence-corrected chi connectivity index (χ3v) is 7.02. The molecule has 1 aromatic carbocycles. The molecule has 12 heteroatoms. The van der Waals surface area contributed by atoms with E-state index in [2.05, 4.69) is 10.6 Å². The lowest BCUT2D eigenvalue weighted by molar-refractivity contribution is -0.150. The van der Waals surface area contributed by atoms with Gasteiger partial charge in [0.15, 0.2) is 6.10 Å². The summed E-state index contributed by atoms with van der Waals surface area (Å²) in [6, 6.07) is 9.24. The van der Waals surface area contributed by atoms with Crippen molar-refractivity contribution >= 4 is 26.1 Å². The fourth-order valence-corrected chi connectivity index (χ4v) is 4.95. The lowest BCUT2D eigenvalue weighted by Gasteiger charge is -2.29. The van der Waals surface area contributed by atoms with Crippen LogP contribution in [0.25, 0.3) is 0 Å². The van der Waals surface area contributed by atoms with Crippen molar-refractivity contribution in [2.45, 2.75) is 65.1 Å². The van der Waals surface area contributed by atoms with Gasteiger partial charge in [-0.3, -0.25) is 13.9 Å². The first-order valence-electron chi connectivity index (χ1n) is 11.6. The van der Waals surface area contributed by atoms with Crippen LogP contribution in [0.3, 0.4) is 0 Å². The lowest BCUT2D eigenvalue weighted by Crippen LogP contribution is -2.39. The summed E-state index contributed by atoms with van der Waals surface area (Å²) in [4.78, 5) is 35.3. The normalized spacial score (nSPS) is 15.6. The molecule has 0 heterocycles. The van der Waals surface area contributed by atoms with E-state index in [4.69, 9.17) is 23.3 Å². The lowest BCUT2D eigenvalue weighted by atomic mass is 10.1. The van der Waals surface area contributed by atoms with Gasteiger partial charge >= 0.3 is 19.7 Å². The molecule has 4 unspecified atom stereocenters. The molecule has 0 fully saturated rings. The fourth-order valence-electron chi connectivity index (χ4n) is 3.16. The Kier molecular flexibility index (Phi) is 13.7. The summed E-state index contributed by atoms with van der Waals surface area (Å²) in [5, 5.41) is 5.17. The van der Waals surface area contributed by atoms with E-state index >= 15 is 0 Å². The fraction of sp³-hybridized carbons (Fsp3) is 0.625. The number of methoxy groups -OCH3 is 1. The van der Waals surface area contributed by atoms with Crippen LogP contribution in [0.1, 0.15) is 46.1 Å². The molecule has 0 aliphatic carbocycles. The number of hydrogen-bond acceptors (Lipinski definition) is 9. The molecule has 0 bridgehead atoms. The van der Waals surface area contributed by atoms with Crippen molar-refractivity contribution in [2.24, 2.45) is 5.92 Å². The van der Waals surface area contributed by atoms with Gasteiger partial charge in [-0.25, -0.2) is 9.59 Å². The predicted octanol–water partition coefficient (Wildman–Crippen LogP) is 3.61. The van der Waals surface area contributed by atoms with Crippen molar-refractivity contribution in [1.29, 1.82) is 0 Å². The zero-order valence-electron chi connectivity index (χ0n) is 21.9. The molecule has 0 spiro atoms. The summed E-state index contributed by atoms with van der Waals surface area (Å²) < 4.78 is 39.8. The van der Waals surface area contributed by atoms with Gasteiger partial charge < -0.3 is 29.4 Å². The number of ether oxygens (including phenoxy) is 3. The maximum absolute atomic E-state index is 13.3. The molecule has 0 radical (unpaired) electrons. The molecule has 1 aromatic rings. The minimum Gasteiger partial charge on any atom is -0.467 e. The van der Waals surface area contributed by atoms with Gasteiger partial charge in [0.25, 0.3) is 0 Å². The highest BCUT2D eigenvalue weighted by atomic mass is 31.2. The van der Waals surface area contributed by atoms with Crippen molar-refractivity contribution in [3.63, 3.8) is 0 Å². The van der Waals surface area contributed by atoms with Crippen molar-refractivity contribution in [3.05, 3.63) is 35.9 Å². The molecule has 2 N–H and O–H groups in total. The van der Waals surface area contributed by atoms with Crippen molar-refractivity contribution in [2.75, 3.05) is 26.9 Å². The molecule has 2 amide bonds. The smallest absolute Gasteiger partial charge is 0.407 e. The summed E-state index contributed by atoms with van der Waals surface area (Å²) in [7, 11) is -1.33. The van der Waals surface area contributed by atoms with Crippen molar-refractivity contribution in [1.82, 2.24) is 10.6 Å². The predicted molar refractivity (Wildman–Crippen MR) is 133 cm³/mol. The van der Waals surface area contributed by atoms with Crippen LogP contribution in [0.5, 0.6) is 0 Å². The average molecular weight is 531 g/mol. The number of hydrogen-bond donors (Lipinski definition) is 2. The number of nitrogens with one attached hydrogen (secondary N) is 2. The summed E-state index contributed by atoms with van der Waals surface area (Å²) in [6.07, 6.45) is -1.82. The van der Waals surface area contributed by atoms with E-state index in [0.717, 1.165) is 5.56 Å². The quantitative estimate of drug-likeness (QED) is 0.142. The van der Waals surface area contributed by atoms with E-state index in [1.165, 1.54) is 14.2 Å². The average Bonchev–Trinajstić information content (AvgIpc) is 2.83. The Hall–Kier alpha value is -2.46. The first-order chi connectivity index (χ1) is 16.9. The zero-order valence-corrected chi connectivity index (χ0v) is 22.7. The zero-order chi connectivity index (χ0) is 27.2. The van der Waals surface area contributed by atoms with Crippen LogP contribution in [0.4, 0.5) is 4.79 Å². The van der Waals surface area contributed by atoms with Crippen LogP contribution in [0.15, 0.2) is 30.3 Å². The Morgan fingerprint density at radius 1 is 1.11 bits per heavy atom. The van der Waals surface area contributed by atoms with Crippen LogP contribution >= 0.6 is 7.60 Å². The number of esters is 1. The minimum absolute atomic E-state index is 0.0556. The Morgan fingerprint density at radius 2 is 1.78 bits per heavy atom. The monoisotopic (exact) mass is 530 g/mol. The summed E-state index contributed by atoms with van der Waals surface area (Å²) in [6.45, 7) is 7.51. The van der Waals surface area contributed by atoms with E-state index < -0.39 is 37.6 Å². The highest BCUT2D eigenvalue weighted by Gasteiger charge is 2.34. The molecule has 36 heavy (non-hydrogen) atoms. The molecule has 0 saturated carbocycles. The van der Waals surface area contributed by atoms with Gasteiger partial charge in [0.2, 0.25) is 6.41 Å². The SMILES string of the molecule is COC(=O)C(CCC(NC=O)OC(C)(C)C)OP(=O)(CC(C)CNC(=O)OCc1ccccc1)OC. The third kappa shape index (κ3) is 13.0. The number of carbonyl (C=O) groups excluding carboxylic acids is 3. The van der Waals surface area contributed by atoms with Crippen LogP contribution in [-0.2, 0) is 44.0 Å². The largest absolute Gasteiger partial charge is 0.467 e. The number of alkyl carbamates (subject to hydrolysis) is 1. The highest BCUT2D eigenvalue weighted by molar-refractivity contribution is 7.53. The van der Waals surface area contributed by atoms with Gasteiger partial charge in [-0.05, 0) is 45.1 Å². The van der Waals surface area contributed by atoms with Gasteiger partial charge in [-0.15, -0.1) is 0 Å². The van der Waals surface area contributed by atoms with E-state index in [-0.39, 0.29) is 38.1 Å². The molecule has 0 aromatic heterocycles. The summed E-state index contributed by atoms with van der Waals surface area (Å²) in [5.41, 5.74) is 0.305. The van der Waals surface area contributed by atoms with Crippen LogP contribution < -0.4 is 10.6 Å². The van der Waals surface area contributed by atoms with E-state index in [0.29, 0.717) is 6.41 Å². The van der Waals surface area contributed by atoms with Gasteiger partial charge in [-0.2, -0.15) is 0 Å². The minimum atomic E-state index is -3.74. The number of carbonyl (C=O) groups is 3. The Bertz CT molecular complexity index is 861. The van der Waals surface area contributed by atoms with Crippen LogP contribution in [-0.4, -0.2) is 63.3 Å². The molecule has 11 nitrogen and oxygen atoms in total. The third-order valence-electron chi connectivity index (χ3n) is 4.81. The number of rotatable bonds is 16. The molecule has 0 aliphatic rings. The molecular weight excluding hydrogens is 491 g/mol. The number of benzene rings is 1. The van der Waals surface area contributed by atoms with E-state index in [9.17, 15) is 18.9 Å². The summed E-state index contributed by atoms with van der Waals surface area (Å²) >= 11 is 0. The van der Waals surface area contributed by atoms with E-state index in [1.54, 1.807) is 6.92 Å². The molecule has 4 atom stereocenters. The second kappa shape index (κ2) is 15.6. The van der Waals surface area contributed by atoms with Crippen molar-refractivity contribution < 1.29 is 42.2 Å². The Morgan fingerprint density at radius 3 is 2.33 bits per heavy atom. The van der Waals surface area contributed by atoms with Crippen LogP contribution in [0.2, 0.25) is 0 Å². The maximum atomic E-state index is 13.3. The van der Waals surface area contributed by atoms with Gasteiger partial charge in [0.05, 0.1) is 18.9 Å². The molecule has 0 saturated heterocycles. The highest BCUT2D eigenvalue weighted by Crippen LogP contribution is 2.50. The first kappa shape index (κ1) is 31.6. The summed E-state index contributed by atoms with van der Waals surface area (Å²) in [5.74, 6) is -1.06. The standard InChI is InChI=1S/C24H39N2O9P/c1-18(14-25-23(29)33-15-19-10-8-7-9-11-19)16-36(30,32-6)35-20(22(28)31-5)12-13-21(26-17-27)34-24(2,3)4/h7-11,17-18,20-21H,12-16H2,1-6H3,(H,25,29)(H,26,27). The first-order valence-corrected chi connectivity index (χ1v) is 13.4. The Balaban J connectivity index is 2.67. The van der Waals surface area contributed by atoms with Gasteiger partial charge in [-0.1, -0.05) is 37.3 Å². The second-order valence-corrected chi connectivity index (χ2v) is 11.4. The van der Waals surface area contributed by atoms with Gasteiger partial charge in [0.1, 0.15) is 12.8 Å². The molecule has 1 rings (SSSR count). The number of amides is 2. The second-order valence-electron chi connectivity index (χ2n) is 9.22. The molecular formula is C24H39N2O9P. The topological polar surface area (TPSA) is 138 Å². The Labute approximate surface area is 213 Å². The van der Waals surface area contributed by atoms with Crippen LogP contribution in [0, 0.1) is 5.92 Å². The molecule has 204 valence electrons. The van der Waals surface area contributed by atoms with E-state index in [1.807, 2.05) is 51.1 Å². The molecule has 0 aliphatic heterocycles. The van der Waals surface area contributed by atoms with Gasteiger partial charge in [0, 0.05) is 13.7 Å². The van der Waals surface area contributed by atoms with Crippen molar-refractivity contribution in [3.8, 4) is 0 Å². The maximum Gasteiger partial charge on any atom is 0.407 e.